The number of aryl methyl sites for hydroxylation is 1. The molecule has 126 valence electrons. The van der Waals surface area contributed by atoms with Gasteiger partial charge in [-0.05, 0) is 44.4 Å². The minimum Gasteiger partial charge on any atom is -0.488 e. The zero-order chi connectivity index (χ0) is 16.3. The molecule has 0 bridgehead atoms. The average Bonchev–Trinajstić information content (AvgIpc) is 2.47. The fraction of sp³-hybridized carbons (Fsp3) is 0.700. The number of aliphatic hydroxyl groups is 1. The monoisotopic (exact) mass is 306 g/mol. The molecule has 0 radical (unpaired) electrons. The van der Waals surface area contributed by atoms with E-state index in [0.717, 1.165) is 12.2 Å². The molecule has 1 aromatic carbocycles. The van der Waals surface area contributed by atoms with E-state index in [9.17, 15) is 0 Å². The van der Waals surface area contributed by atoms with Crippen molar-refractivity contribution in [1.29, 1.82) is 0 Å². The van der Waals surface area contributed by atoms with Crippen LogP contribution >= 0.6 is 0 Å². The molecule has 0 unspecified atom stereocenters. The first-order chi connectivity index (χ1) is 10.6. The minimum atomic E-state index is -0.311. The molecule has 0 aliphatic carbocycles. The Morgan fingerprint density at radius 1 is 0.909 bits per heavy atom. The Hall–Kier alpha value is -1.02. The van der Waals surface area contributed by atoms with E-state index >= 15 is 0 Å². The van der Waals surface area contributed by atoms with Gasteiger partial charge in [-0.2, -0.15) is 0 Å². The van der Waals surface area contributed by atoms with E-state index in [4.69, 9.17) is 9.84 Å². The van der Waals surface area contributed by atoms with Gasteiger partial charge in [0.25, 0.3) is 0 Å². The van der Waals surface area contributed by atoms with Crippen LogP contribution in [0.2, 0.25) is 0 Å². The van der Waals surface area contributed by atoms with Gasteiger partial charge in [0.15, 0.2) is 0 Å². The fourth-order valence-corrected chi connectivity index (χ4v) is 2.65. The molecule has 1 aromatic rings. The van der Waals surface area contributed by atoms with Crippen LogP contribution < -0.4 is 4.74 Å². The standard InChI is InChI=1S/C20H34O2/c1-4-5-6-7-8-9-10-11-18-12-14-19(15-13-18)22-20(2,3)16-17-21/h12-15,21H,4-11,16-17H2,1-3H3. The van der Waals surface area contributed by atoms with E-state index in [2.05, 4.69) is 31.2 Å². The van der Waals surface area contributed by atoms with Crippen molar-refractivity contribution in [3.05, 3.63) is 29.8 Å². The Labute approximate surface area is 136 Å². The summed E-state index contributed by atoms with van der Waals surface area (Å²) < 4.78 is 5.92. The summed E-state index contributed by atoms with van der Waals surface area (Å²) in [4.78, 5) is 0. The van der Waals surface area contributed by atoms with Crippen molar-refractivity contribution in [2.24, 2.45) is 0 Å². The van der Waals surface area contributed by atoms with Crippen molar-refractivity contribution in [2.75, 3.05) is 6.61 Å². The molecule has 0 amide bonds. The lowest BCUT2D eigenvalue weighted by Crippen LogP contribution is -2.29. The molecule has 0 saturated heterocycles. The van der Waals surface area contributed by atoms with E-state index in [1.165, 1.54) is 50.5 Å². The molecule has 2 heteroatoms. The molecule has 0 spiro atoms. The van der Waals surface area contributed by atoms with E-state index in [1.54, 1.807) is 0 Å². The molecule has 2 nitrogen and oxygen atoms in total. The summed E-state index contributed by atoms with van der Waals surface area (Å²) in [5.74, 6) is 0.891. The SMILES string of the molecule is CCCCCCCCCc1ccc(OC(C)(C)CCO)cc1. The van der Waals surface area contributed by atoms with Crippen LogP contribution in [0.3, 0.4) is 0 Å². The van der Waals surface area contributed by atoms with E-state index < -0.39 is 0 Å². The average molecular weight is 306 g/mol. The third kappa shape index (κ3) is 8.43. The zero-order valence-corrected chi connectivity index (χ0v) is 14.7. The number of ether oxygens (including phenoxy) is 1. The van der Waals surface area contributed by atoms with Crippen molar-refractivity contribution in [3.8, 4) is 5.75 Å². The summed E-state index contributed by atoms with van der Waals surface area (Å²) in [6.07, 6.45) is 11.3. The Morgan fingerprint density at radius 2 is 1.50 bits per heavy atom. The molecule has 0 aliphatic rings. The van der Waals surface area contributed by atoms with Crippen LogP contribution in [0.4, 0.5) is 0 Å². The van der Waals surface area contributed by atoms with Crippen molar-refractivity contribution in [2.45, 2.75) is 84.2 Å². The quantitative estimate of drug-likeness (QED) is 0.515. The van der Waals surface area contributed by atoms with Gasteiger partial charge in [-0.15, -0.1) is 0 Å². The van der Waals surface area contributed by atoms with Gasteiger partial charge < -0.3 is 9.84 Å². The number of aliphatic hydroxyl groups excluding tert-OH is 1. The summed E-state index contributed by atoms with van der Waals surface area (Å²) in [6.45, 7) is 6.44. The van der Waals surface area contributed by atoms with Crippen LogP contribution in [0.1, 0.15) is 77.7 Å². The van der Waals surface area contributed by atoms with E-state index in [0.29, 0.717) is 6.42 Å². The third-order valence-electron chi connectivity index (χ3n) is 4.10. The molecule has 0 atom stereocenters. The number of rotatable bonds is 12. The van der Waals surface area contributed by atoms with Crippen LogP contribution in [0, 0.1) is 0 Å². The Balaban J connectivity index is 2.24. The van der Waals surface area contributed by atoms with Crippen LogP contribution in [0.15, 0.2) is 24.3 Å². The van der Waals surface area contributed by atoms with Crippen LogP contribution in [0.5, 0.6) is 5.75 Å². The molecule has 0 aromatic heterocycles. The number of benzene rings is 1. The van der Waals surface area contributed by atoms with Gasteiger partial charge in [0.05, 0.1) is 0 Å². The molecule has 22 heavy (non-hydrogen) atoms. The number of hydrogen-bond donors (Lipinski definition) is 1. The van der Waals surface area contributed by atoms with Gasteiger partial charge in [0, 0.05) is 13.0 Å². The van der Waals surface area contributed by atoms with Gasteiger partial charge in [0.2, 0.25) is 0 Å². The van der Waals surface area contributed by atoms with Crippen molar-refractivity contribution < 1.29 is 9.84 Å². The Morgan fingerprint density at radius 3 is 2.09 bits per heavy atom. The second kappa shape index (κ2) is 10.7. The molecule has 0 fully saturated rings. The van der Waals surface area contributed by atoms with Gasteiger partial charge in [-0.3, -0.25) is 0 Å². The highest BCUT2D eigenvalue weighted by atomic mass is 16.5. The van der Waals surface area contributed by atoms with Gasteiger partial charge in [-0.25, -0.2) is 0 Å². The highest BCUT2D eigenvalue weighted by Crippen LogP contribution is 2.22. The van der Waals surface area contributed by atoms with E-state index in [1.807, 2.05) is 13.8 Å². The number of unbranched alkanes of at least 4 members (excludes halogenated alkanes) is 6. The van der Waals surface area contributed by atoms with Crippen LogP contribution in [-0.2, 0) is 6.42 Å². The third-order valence-corrected chi connectivity index (χ3v) is 4.10. The molecule has 0 aliphatic heterocycles. The maximum Gasteiger partial charge on any atom is 0.120 e. The summed E-state index contributed by atoms with van der Waals surface area (Å²) in [7, 11) is 0. The van der Waals surface area contributed by atoms with Crippen LogP contribution in [0.25, 0.3) is 0 Å². The largest absolute Gasteiger partial charge is 0.488 e. The molecule has 0 saturated carbocycles. The second-order valence-corrected chi connectivity index (χ2v) is 6.85. The minimum absolute atomic E-state index is 0.156. The normalized spacial score (nSPS) is 11.6. The first-order valence-electron chi connectivity index (χ1n) is 8.96. The smallest absolute Gasteiger partial charge is 0.120 e. The second-order valence-electron chi connectivity index (χ2n) is 6.85. The highest BCUT2D eigenvalue weighted by Gasteiger charge is 2.18. The number of hydrogen-bond acceptors (Lipinski definition) is 2. The Bertz CT molecular complexity index is 381. The van der Waals surface area contributed by atoms with Gasteiger partial charge in [0.1, 0.15) is 11.4 Å². The maximum atomic E-state index is 9.03. The zero-order valence-electron chi connectivity index (χ0n) is 14.7. The van der Waals surface area contributed by atoms with Crippen molar-refractivity contribution >= 4 is 0 Å². The van der Waals surface area contributed by atoms with Gasteiger partial charge in [-0.1, -0.05) is 57.6 Å². The van der Waals surface area contributed by atoms with Gasteiger partial charge >= 0.3 is 0 Å². The lowest BCUT2D eigenvalue weighted by molar-refractivity contribution is 0.0765. The molecule has 1 N–H and O–H groups in total. The first kappa shape index (κ1) is 19.0. The van der Waals surface area contributed by atoms with E-state index in [-0.39, 0.29) is 12.2 Å². The summed E-state index contributed by atoms with van der Waals surface area (Å²) in [5.41, 5.74) is 1.08. The molecule has 0 heterocycles. The maximum absolute atomic E-state index is 9.03. The topological polar surface area (TPSA) is 29.5 Å². The molecular formula is C20H34O2. The van der Waals surface area contributed by atoms with Crippen molar-refractivity contribution in [1.82, 2.24) is 0 Å². The lowest BCUT2D eigenvalue weighted by Gasteiger charge is -2.25. The predicted molar refractivity (Wildman–Crippen MR) is 94.5 cm³/mol. The van der Waals surface area contributed by atoms with Crippen molar-refractivity contribution in [3.63, 3.8) is 0 Å². The van der Waals surface area contributed by atoms with Crippen LogP contribution in [-0.4, -0.2) is 17.3 Å². The predicted octanol–water partition coefficient (Wildman–Crippen LogP) is 5.52. The summed E-state index contributed by atoms with van der Waals surface area (Å²) >= 11 is 0. The first-order valence-corrected chi connectivity index (χ1v) is 8.96. The Kier molecular flexibility index (Phi) is 9.22. The fourth-order valence-electron chi connectivity index (χ4n) is 2.65. The lowest BCUT2D eigenvalue weighted by atomic mass is 10.0. The summed E-state index contributed by atoms with van der Waals surface area (Å²) in [6, 6.07) is 8.44. The molecular weight excluding hydrogens is 272 g/mol. The highest BCUT2D eigenvalue weighted by molar-refractivity contribution is 5.27. The summed E-state index contributed by atoms with van der Waals surface area (Å²) in [5, 5.41) is 9.03. The molecule has 1 rings (SSSR count).